The predicted molar refractivity (Wildman–Crippen MR) is 169 cm³/mol. The summed E-state index contributed by atoms with van der Waals surface area (Å²) in [6, 6.07) is 14.6. The number of carboxylic acid groups (broad SMARTS) is 1. The van der Waals surface area contributed by atoms with Gasteiger partial charge in [0.2, 0.25) is 5.91 Å². The zero-order valence-electron chi connectivity index (χ0n) is 24.4. The van der Waals surface area contributed by atoms with Crippen molar-refractivity contribution in [2.45, 2.75) is 25.7 Å². The van der Waals surface area contributed by atoms with Gasteiger partial charge in [-0.25, -0.2) is 0 Å². The Bertz CT molecular complexity index is 1050. The number of benzene rings is 2. The van der Waals surface area contributed by atoms with Crippen molar-refractivity contribution in [1.82, 2.24) is 9.80 Å². The lowest BCUT2D eigenvalue weighted by Crippen LogP contribution is -2.38. The Kier molecular flexibility index (Phi) is 18.9. The number of nitrogens with one attached hydrogen (secondary N) is 1. The summed E-state index contributed by atoms with van der Waals surface area (Å²) >= 11 is 9.53. The van der Waals surface area contributed by atoms with Crippen LogP contribution in [0.5, 0.6) is 0 Å². The van der Waals surface area contributed by atoms with Crippen molar-refractivity contribution in [2.75, 3.05) is 68.1 Å². The van der Waals surface area contributed by atoms with Crippen molar-refractivity contribution < 1.29 is 16.1 Å². The molecule has 1 amide bonds. The summed E-state index contributed by atoms with van der Waals surface area (Å²) < 4.78 is 5.74. The number of amides is 1. The summed E-state index contributed by atoms with van der Waals surface area (Å²) in [5, 5.41) is 11.7. The Morgan fingerprint density at radius 3 is 1.70 bits per heavy atom. The van der Waals surface area contributed by atoms with Gasteiger partial charge < -0.3 is 37.4 Å². The normalized spacial score (nSPS) is 18.5. The predicted octanol–water partition coefficient (Wildman–Crippen LogP) is 4.48. The van der Waals surface area contributed by atoms with Gasteiger partial charge in [0.15, 0.2) is 0 Å². The van der Waals surface area contributed by atoms with Gasteiger partial charge in [-0.3, -0.25) is 9.59 Å². The Morgan fingerprint density at radius 2 is 1.32 bits per heavy atom. The highest BCUT2D eigenvalue weighted by Crippen LogP contribution is 2.21. The zero-order chi connectivity index (χ0) is 31.2. The van der Waals surface area contributed by atoms with Crippen LogP contribution in [-0.4, -0.2) is 72.4 Å². The van der Waals surface area contributed by atoms with Crippen molar-refractivity contribution in [2.24, 2.45) is 11.8 Å². The van der Waals surface area contributed by atoms with Crippen LogP contribution in [0, 0.1) is 24.7 Å². The van der Waals surface area contributed by atoms with Crippen molar-refractivity contribution in [3.63, 3.8) is 0 Å². The van der Waals surface area contributed by atoms with Gasteiger partial charge in [-0.2, -0.15) is 0 Å². The summed E-state index contributed by atoms with van der Waals surface area (Å²) in [6.07, 6.45) is 9.68. The molecule has 2 aliphatic rings. The molecule has 0 aromatic heterocycles. The molecule has 0 aliphatic carbocycles. The minimum atomic E-state index is -0.647. The van der Waals surface area contributed by atoms with Crippen LogP contribution in [0.15, 0.2) is 48.5 Å². The highest BCUT2D eigenvalue weighted by atomic mass is 35.5. The molecule has 222 valence electrons. The van der Waals surface area contributed by atoms with E-state index in [1.165, 1.54) is 6.40 Å². The number of nitrogen functional groups attached to an aromatic ring is 3. The second-order valence-corrected chi connectivity index (χ2v) is 10.2. The number of rotatable bonds is 3. The maximum absolute atomic E-state index is 12.1. The van der Waals surface area contributed by atoms with Gasteiger partial charge in [-0.1, -0.05) is 24.3 Å². The third-order valence-corrected chi connectivity index (χ3v) is 6.18. The molecule has 9 nitrogen and oxygen atoms in total. The second kappa shape index (κ2) is 21.6. The number of terminal acetylenes is 1. The Hall–Kier alpha value is -3.16. The summed E-state index contributed by atoms with van der Waals surface area (Å²) in [7, 11) is 4.02. The Balaban J connectivity index is 0.000000568. The van der Waals surface area contributed by atoms with Crippen LogP contribution in [0.2, 0.25) is 0 Å². The first kappa shape index (κ1) is 34.9. The van der Waals surface area contributed by atoms with Crippen LogP contribution in [0.3, 0.4) is 0 Å². The lowest BCUT2D eigenvalue weighted by atomic mass is 9.97. The van der Waals surface area contributed by atoms with E-state index in [2.05, 4.69) is 28.6 Å². The first-order chi connectivity index (χ1) is 19.5. The number of aliphatic carboxylic acids is 1. The maximum atomic E-state index is 12.1. The van der Waals surface area contributed by atoms with Crippen LogP contribution in [0.4, 0.5) is 22.7 Å². The number of nitrogens with zero attached hydrogens (tertiary/aromatic N) is 2. The molecule has 4 rings (SSSR count). The summed E-state index contributed by atoms with van der Waals surface area (Å²) in [5.74, 6) is -0.617. The number of hydrogen-bond donors (Lipinski definition) is 5. The zero-order valence-corrected chi connectivity index (χ0v) is 24.9. The van der Waals surface area contributed by atoms with Crippen molar-refractivity contribution in [3.8, 4) is 12.8 Å². The number of carboxylic acids is 1. The SMILES string of the molecule is CN1CCCC(C(=O)Nc2ccccc2N)C1.CN1CCCC(C(=O)O)C1.ClCCl.Nc1ccccc1N.[2H]C#C. The maximum Gasteiger partial charge on any atom is 0.307 e. The van der Waals surface area contributed by atoms with E-state index in [4.69, 9.17) is 46.9 Å². The highest BCUT2D eigenvalue weighted by molar-refractivity contribution is 6.40. The molecule has 0 radical (unpaired) electrons. The first-order valence-corrected chi connectivity index (χ1v) is 13.9. The first-order valence-electron chi connectivity index (χ1n) is 13.3. The summed E-state index contributed by atoms with van der Waals surface area (Å²) in [5.41, 5.74) is 19.2. The fraction of sp³-hybridized carbons (Fsp3) is 0.448. The van der Waals surface area contributed by atoms with E-state index in [9.17, 15) is 9.59 Å². The number of carbonyl (C=O) groups is 2. The molecule has 0 spiro atoms. The highest BCUT2D eigenvalue weighted by Gasteiger charge is 2.24. The van der Waals surface area contributed by atoms with Gasteiger partial charge in [0, 0.05) is 13.1 Å². The molecule has 2 heterocycles. The molecule has 2 unspecified atom stereocenters. The fourth-order valence-electron chi connectivity index (χ4n) is 4.10. The molecule has 11 heteroatoms. The van der Waals surface area contributed by atoms with E-state index < -0.39 is 5.97 Å². The fourth-order valence-corrected chi connectivity index (χ4v) is 4.10. The lowest BCUT2D eigenvalue weighted by molar-refractivity contribution is -0.143. The van der Waals surface area contributed by atoms with Gasteiger partial charge in [-0.15, -0.1) is 36.0 Å². The van der Waals surface area contributed by atoms with Crippen LogP contribution in [-0.2, 0) is 9.59 Å². The van der Waals surface area contributed by atoms with Crippen LogP contribution in [0.25, 0.3) is 0 Å². The molecule has 2 aromatic carbocycles. The molecule has 2 aliphatic heterocycles. The third kappa shape index (κ3) is 15.4. The monoisotopic (exact) mass is 595 g/mol. The number of nitrogens with two attached hydrogens (primary N) is 3. The number of piperidine rings is 2. The number of halogens is 2. The van der Waals surface area contributed by atoms with Crippen molar-refractivity contribution >= 4 is 57.8 Å². The Labute approximate surface area is 250 Å². The second-order valence-electron chi connectivity index (χ2n) is 9.35. The van der Waals surface area contributed by atoms with E-state index in [1.54, 1.807) is 18.2 Å². The van der Waals surface area contributed by atoms with Crippen molar-refractivity contribution in [1.29, 1.82) is 0 Å². The average Bonchev–Trinajstić information content (AvgIpc) is 2.93. The molecule has 8 N–H and O–H groups in total. The molecule has 2 aromatic rings. The van der Waals surface area contributed by atoms with Crippen LogP contribution >= 0.6 is 23.2 Å². The molecule has 0 bridgehead atoms. The summed E-state index contributed by atoms with van der Waals surface area (Å²) in [6.45, 7) is 3.68. The molecular formula is C29H44Cl2N6O3. The molecular weight excluding hydrogens is 551 g/mol. The van der Waals surface area contributed by atoms with Crippen molar-refractivity contribution in [3.05, 3.63) is 48.5 Å². The molecule has 0 saturated carbocycles. The quantitative estimate of drug-likeness (QED) is 0.198. The Morgan fingerprint density at radius 1 is 0.925 bits per heavy atom. The molecule has 2 saturated heterocycles. The van der Waals surface area contributed by atoms with Gasteiger partial charge in [0.25, 0.3) is 0 Å². The lowest BCUT2D eigenvalue weighted by Gasteiger charge is -2.28. The minimum Gasteiger partial charge on any atom is -0.481 e. The van der Waals surface area contributed by atoms with E-state index in [-0.39, 0.29) is 23.1 Å². The van der Waals surface area contributed by atoms with Crippen LogP contribution < -0.4 is 22.5 Å². The molecule has 40 heavy (non-hydrogen) atoms. The number of hydrogen-bond acceptors (Lipinski definition) is 7. The average molecular weight is 597 g/mol. The number of anilines is 4. The van der Waals surface area contributed by atoms with E-state index in [0.717, 1.165) is 51.9 Å². The van der Waals surface area contributed by atoms with E-state index in [0.29, 0.717) is 22.7 Å². The topological polar surface area (TPSA) is 151 Å². The third-order valence-electron chi connectivity index (χ3n) is 6.18. The molecule has 2 fully saturated rings. The van der Waals surface area contributed by atoms with Gasteiger partial charge >= 0.3 is 5.97 Å². The number of carbonyl (C=O) groups excluding carboxylic acids is 1. The smallest absolute Gasteiger partial charge is 0.307 e. The van der Waals surface area contributed by atoms with Gasteiger partial charge in [0.05, 0.1) is 39.9 Å². The van der Waals surface area contributed by atoms with Gasteiger partial charge in [-0.05, 0) is 77.1 Å². The van der Waals surface area contributed by atoms with E-state index >= 15 is 0 Å². The number of likely N-dealkylation sites (tertiary alicyclic amines) is 2. The largest absolute Gasteiger partial charge is 0.481 e. The van der Waals surface area contributed by atoms with Crippen LogP contribution in [0.1, 0.15) is 27.1 Å². The van der Waals surface area contributed by atoms with E-state index in [1.807, 2.05) is 37.4 Å². The number of alkyl halides is 2. The summed E-state index contributed by atoms with van der Waals surface area (Å²) in [4.78, 5) is 26.8. The minimum absolute atomic E-state index is 0.0772. The molecule has 2 atom stereocenters. The number of para-hydroxylation sites is 4. The van der Waals surface area contributed by atoms with Gasteiger partial charge in [0.1, 0.15) is 1.37 Å². The standard InChI is InChI=1S/C13H19N3O.C7H13NO2.C6H8N2.C2H2.CH2Cl2/c1-16-8-4-5-10(9-16)13(17)15-12-7-3-2-6-11(12)14;1-8-4-2-3-6(5-8)7(9)10;7-5-3-1-2-4-6(5)8;1-2;2-1-3/h2-3,6-7,10H,4-5,8-9,14H2,1H3,(H,15,17);6H,2-5H2,1H3,(H,9,10);1-4H,7-8H2;1-2H;1H2/i;;;1D;.